The van der Waals surface area contributed by atoms with Crippen LogP contribution in [0.15, 0.2) is 28.2 Å². The lowest BCUT2D eigenvalue weighted by molar-refractivity contribution is -0.230. The monoisotopic (exact) mass is 524 g/mol. The van der Waals surface area contributed by atoms with Crippen LogP contribution in [0.5, 0.6) is 0 Å². The molecule has 0 aromatic heterocycles. The van der Waals surface area contributed by atoms with Gasteiger partial charge in [0, 0.05) is 19.4 Å². The highest BCUT2D eigenvalue weighted by Crippen LogP contribution is 2.45. The predicted octanol–water partition coefficient (Wildman–Crippen LogP) is -2.08. The van der Waals surface area contributed by atoms with Gasteiger partial charge < -0.3 is 37.2 Å². The van der Waals surface area contributed by atoms with E-state index in [4.69, 9.17) is 34.7 Å². The van der Waals surface area contributed by atoms with Crippen LogP contribution >= 0.6 is 23.2 Å². The van der Waals surface area contributed by atoms with Gasteiger partial charge in [-0.3, -0.25) is 19.3 Å². The average molecular weight is 525 g/mol. The summed E-state index contributed by atoms with van der Waals surface area (Å²) in [4.78, 5) is 48.4. The van der Waals surface area contributed by atoms with E-state index in [1.807, 2.05) is 0 Å². The van der Waals surface area contributed by atoms with Crippen molar-refractivity contribution in [2.75, 3.05) is 13.1 Å². The van der Waals surface area contributed by atoms with E-state index >= 15 is 0 Å². The molecular formula is C20H22Cl2N8O5. The van der Waals surface area contributed by atoms with Gasteiger partial charge in [-0.05, 0) is 12.1 Å². The summed E-state index contributed by atoms with van der Waals surface area (Å²) >= 11 is 12.1. The third-order valence-electron chi connectivity index (χ3n) is 6.83. The van der Waals surface area contributed by atoms with E-state index in [0.717, 1.165) is 4.90 Å². The molecule has 0 bridgehead atoms. The Morgan fingerprint density at radius 2 is 1.89 bits per heavy atom. The second-order valence-corrected chi connectivity index (χ2v) is 9.55. The van der Waals surface area contributed by atoms with Gasteiger partial charge in [-0.2, -0.15) is 0 Å². The molecule has 4 aliphatic rings. The smallest absolute Gasteiger partial charge is 0.253 e. The molecule has 2 saturated heterocycles. The molecule has 13 nitrogen and oxygen atoms in total. The lowest BCUT2D eigenvalue weighted by Gasteiger charge is -2.49. The summed E-state index contributed by atoms with van der Waals surface area (Å²) < 4.78 is 0. The first kappa shape index (κ1) is 23.6. The van der Waals surface area contributed by atoms with Crippen molar-refractivity contribution in [3.63, 3.8) is 0 Å². The third-order valence-corrected chi connectivity index (χ3v) is 7.65. The van der Waals surface area contributed by atoms with Crippen molar-refractivity contribution in [3.8, 4) is 0 Å². The molecule has 186 valence electrons. The molecule has 3 amide bonds. The van der Waals surface area contributed by atoms with Crippen molar-refractivity contribution in [3.05, 3.63) is 33.8 Å². The summed E-state index contributed by atoms with van der Waals surface area (Å²) in [6, 6.07) is 1.21. The van der Waals surface area contributed by atoms with Crippen LogP contribution < -0.4 is 22.1 Å². The second-order valence-electron chi connectivity index (χ2n) is 8.77. The summed E-state index contributed by atoms with van der Waals surface area (Å²) in [6.07, 6.45) is 0.168. The fraction of sp³-hybridized carbons (Fsp3) is 0.450. The fourth-order valence-corrected chi connectivity index (χ4v) is 5.55. The van der Waals surface area contributed by atoms with E-state index in [1.54, 1.807) is 0 Å². The van der Waals surface area contributed by atoms with Crippen LogP contribution in [0, 0.1) is 0 Å². The van der Waals surface area contributed by atoms with Gasteiger partial charge >= 0.3 is 0 Å². The number of nitrogens with two attached hydrogens (primary N) is 2. The molecule has 0 aliphatic carbocycles. The van der Waals surface area contributed by atoms with Crippen LogP contribution in [-0.2, 0) is 9.59 Å². The summed E-state index contributed by atoms with van der Waals surface area (Å²) in [6.45, 7) is -0.338. The van der Waals surface area contributed by atoms with E-state index < -0.39 is 35.5 Å². The minimum Gasteiger partial charge on any atom is -0.370 e. The standard InChI is InChI=1S/C20H22Cl2N8O5/c21-9-3-1-2-8(14(9)22)16(33)26-11-7-30-18(24)25-10(6-29-12(31)4-5-13(29)32)15-19(30,20(11,34)35)28-17(23)27-15/h1-3,10-11,15,34-35H,4-7H2,(H2,24,25)(H,26,33)(H3,23,27,28)/t10-,11-,15-,19-/m0/s1. The highest BCUT2D eigenvalue weighted by molar-refractivity contribution is 6.43. The van der Waals surface area contributed by atoms with Crippen LogP contribution in [-0.4, -0.2) is 92.3 Å². The number of aliphatic hydroxyl groups is 2. The zero-order valence-electron chi connectivity index (χ0n) is 18.1. The molecule has 15 heteroatoms. The first-order chi connectivity index (χ1) is 16.5. The number of nitrogens with zero attached hydrogens (tertiary/aromatic N) is 4. The van der Waals surface area contributed by atoms with Crippen LogP contribution in [0.1, 0.15) is 23.2 Å². The van der Waals surface area contributed by atoms with Gasteiger partial charge in [-0.1, -0.05) is 29.3 Å². The summed E-state index contributed by atoms with van der Waals surface area (Å²) in [7, 11) is 0. The summed E-state index contributed by atoms with van der Waals surface area (Å²) in [5.74, 6) is -4.33. The Morgan fingerprint density at radius 1 is 1.20 bits per heavy atom. The maximum atomic E-state index is 13.0. The number of amides is 3. The largest absolute Gasteiger partial charge is 0.370 e. The topological polar surface area (TPSA) is 199 Å². The quantitative estimate of drug-likeness (QED) is 0.189. The number of likely N-dealkylation sites (tertiary alicyclic amines) is 1. The molecule has 1 aromatic rings. The maximum Gasteiger partial charge on any atom is 0.253 e. The van der Waals surface area contributed by atoms with Gasteiger partial charge in [0.05, 0.1) is 28.2 Å². The van der Waals surface area contributed by atoms with E-state index in [-0.39, 0.29) is 65.3 Å². The zero-order chi connectivity index (χ0) is 25.3. The molecule has 1 spiro atoms. The maximum absolute atomic E-state index is 13.0. The first-order valence-corrected chi connectivity index (χ1v) is 11.5. The van der Waals surface area contributed by atoms with E-state index in [2.05, 4.69) is 20.6 Å². The van der Waals surface area contributed by atoms with Crippen molar-refractivity contribution < 1.29 is 24.6 Å². The van der Waals surface area contributed by atoms with E-state index in [1.165, 1.54) is 23.1 Å². The number of hydrogen-bond acceptors (Lipinski definition) is 11. The molecule has 2 fully saturated rings. The molecule has 1 aromatic carbocycles. The number of guanidine groups is 2. The number of benzene rings is 1. The van der Waals surface area contributed by atoms with Crippen molar-refractivity contribution in [1.82, 2.24) is 20.4 Å². The van der Waals surface area contributed by atoms with E-state index in [0.29, 0.717) is 0 Å². The molecule has 0 unspecified atom stereocenters. The summed E-state index contributed by atoms with van der Waals surface area (Å²) in [5.41, 5.74) is 10.4. The molecule has 4 heterocycles. The van der Waals surface area contributed by atoms with Crippen LogP contribution in [0.3, 0.4) is 0 Å². The molecule has 5 rings (SSSR count). The third kappa shape index (κ3) is 3.33. The normalized spacial score (nSPS) is 31.0. The number of carbonyl (C=O) groups is 3. The Balaban J connectivity index is 1.48. The fourth-order valence-electron chi connectivity index (χ4n) is 5.16. The molecule has 35 heavy (non-hydrogen) atoms. The Hall–Kier alpha value is -3.13. The minimum absolute atomic E-state index is 0.00700. The van der Waals surface area contributed by atoms with E-state index in [9.17, 15) is 24.6 Å². The van der Waals surface area contributed by atoms with Crippen LogP contribution in [0.2, 0.25) is 10.0 Å². The number of carbonyl (C=O) groups excluding carboxylic acids is 3. The number of hydrogen-bond donors (Lipinski definition) is 6. The molecule has 4 atom stereocenters. The van der Waals surface area contributed by atoms with Crippen molar-refractivity contribution in [2.24, 2.45) is 21.5 Å². The van der Waals surface area contributed by atoms with Crippen molar-refractivity contribution in [1.29, 1.82) is 0 Å². The lowest BCUT2D eigenvalue weighted by atomic mass is 9.84. The van der Waals surface area contributed by atoms with Crippen molar-refractivity contribution in [2.45, 2.75) is 42.4 Å². The van der Waals surface area contributed by atoms with Crippen molar-refractivity contribution >= 4 is 52.8 Å². The number of rotatable bonds is 4. The van der Waals surface area contributed by atoms with Gasteiger partial charge in [-0.25, -0.2) is 9.98 Å². The number of nitrogens with one attached hydrogen (secondary N) is 2. The van der Waals surface area contributed by atoms with Gasteiger partial charge in [0.25, 0.3) is 5.91 Å². The van der Waals surface area contributed by atoms with Gasteiger partial charge in [0.15, 0.2) is 17.6 Å². The molecule has 0 radical (unpaired) electrons. The first-order valence-electron chi connectivity index (χ1n) is 10.7. The van der Waals surface area contributed by atoms with Crippen LogP contribution in [0.4, 0.5) is 0 Å². The SMILES string of the molecule is NC1=N[C@H]2[C@H](CN3C(=O)CCC3=O)N=C(N)N3C[C@H](NC(=O)c4cccc(Cl)c4Cl)C(O)(O)[C@]23N1. The summed E-state index contributed by atoms with van der Waals surface area (Å²) in [5, 5.41) is 28.4. The average Bonchev–Trinajstić information content (AvgIpc) is 3.38. The number of halogens is 2. The zero-order valence-corrected chi connectivity index (χ0v) is 19.6. The van der Waals surface area contributed by atoms with Gasteiger partial charge in [0.1, 0.15) is 12.1 Å². The predicted molar refractivity (Wildman–Crippen MR) is 124 cm³/mol. The highest BCUT2D eigenvalue weighted by Gasteiger charge is 2.73. The van der Waals surface area contributed by atoms with Gasteiger partial charge in [-0.15, -0.1) is 0 Å². The Labute approximate surface area is 208 Å². The molecule has 0 saturated carbocycles. The minimum atomic E-state index is -2.68. The Morgan fingerprint density at radius 3 is 2.57 bits per heavy atom. The Kier molecular flexibility index (Phi) is 5.36. The van der Waals surface area contributed by atoms with Gasteiger partial charge in [0.2, 0.25) is 17.6 Å². The molecular weight excluding hydrogens is 503 g/mol. The molecule has 4 aliphatic heterocycles. The second kappa shape index (κ2) is 7.95. The number of imide groups is 1. The number of aliphatic imine (C=N–C) groups is 2. The molecule has 8 N–H and O–H groups in total. The Bertz CT molecular complexity index is 1190. The lowest BCUT2D eigenvalue weighted by Crippen LogP contribution is -2.78. The van der Waals surface area contributed by atoms with Crippen LogP contribution in [0.25, 0.3) is 0 Å². The highest BCUT2D eigenvalue weighted by atomic mass is 35.5.